The van der Waals surface area contributed by atoms with Crippen LogP contribution in [0.25, 0.3) is 0 Å². The molecule has 0 aliphatic carbocycles. The lowest BCUT2D eigenvalue weighted by Crippen LogP contribution is -2.18. The molecule has 48 heavy (non-hydrogen) atoms. The quantitative estimate of drug-likeness (QED) is 0.0410. The molecule has 0 aliphatic rings. The minimum absolute atomic E-state index is 0.0128. The molecule has 0 fully saturated rings. The summed E-state index contributed by atoms with van der Waals surface area (Å²) in [6.45, 7) is 4.41. The number of carbonyl (C=O) groups is 2. The molecule has 0 spiro atoms. The van der Waals surface area contributed by atoms with Crippen LogP contribution in [-0.4, -0.2) is 23.1 Å². The van der Waals surface area contributed by atoms with E-state index in [1.165, 1.54) is 96.3 Å². The summed E-state index contributed by atoms with van der Waals surface area (Å²) in [6.07, 6.45) is 54.1. The Morgan fingerprint density at radius 1 is 0.479 bits per heavy atom. The third kappa shape index (κ3) is 38.1. The summed E-state index contributed by atoms with van der Waals surface area (Å²) >= 11 is 0. The van der Waals surface area contributed by atoms with E-state index in [0.29, 0.717) is 12.8 Å². The smallest absolute Gasteiger partial charge is 0.306 e. The number of carbonyl (C=O) groups excluding carboxylic acids is 1. The molecule has 4 heteroatoms. The Hall–Kier alpha value is -2.36. The first-order valence-corrected chi connectivity index (χ1v) is 20.3. The lowest BCUT2D eigenvalue weighted by atomic mass is 10.0. The minimum atomic E-state index is -0.671. The van der Waals surface area contributed by atoms with Crippen molar-refractivity contribution in [1.82, 2.24) is 0 Å². The SMILES string of the molecule is CC/C=C\C/C=C\C/C=C\C/C=C\C/C=C\CCCC(=O)OC(CCCCCCC)CCCCCCCCCCCCCCCC(=O)O. The van der Waals surface area contributed by atoms with Crippen molar-refractivity contribution < 1.29 is 19.4 Å². The summed E-state index contributed by atoms with van der Waals surface area (Å²) in [5.41, 5.74) is 0. The number of unbranched alkanes of at least 4 members (excludes halogenated alkanes) is 17. The maximum Gasteiger partial charge on any atom is 0.306 e. The number of ether oxygens (including phenoxy) is 1. The molecule has 1 N–H and O–H groups in total. The zero-order valence-electron chi connectivity index (χ0n) is 31.5. The van der Waals surface area contributed by atoms with Crippen LogP contribution in [0.5, 0.6) is 0 Å². The zero-order chi connectivity index (χ0) is 35.0. The molecule has 0 aromatic carbocycles. The second-order valence-corrected chi connectivity index (χ2v) is 13.4. The van der Waals surface area contributed by atoms with E-state index in [1.807, 2.05) is 0 Å². The van der Waals surface area contributed by atoms with E-state index in [4.69, 9.17) is 9.84 Å². The number of hydrogen-bond donors (Lipinski definition) is 1. The number of carboxylic acids is 1. The second-order valence-electron chi connectivity index (χ2n) is 13.4. The number of allylic oxidation sites excluding steroid dienone is 10. The summed E-state index contributed by atoms with van der Waals surface area (Å²) in [5.74, 6) is -0.684. The van der Waals surface area contributed by atoms with Gasteiger partial charge in [-0.15, -0.1) is 0 Å². The third-order valence-electron chi connectivity index (χ3n) is 8.75. The highest BCUT2D eigenvalue weighted by Gasteiger charge is 2.14. The predicted octanol–water partition coefficient (Wildman–Crippen LogP) is 14.1. The van der Waals surface area contributed by atoms with E-state index < -0.39 is 5.97 Å². The monoisotopic (exact) mass is 669 g/mol. The van der Waals surface area contributed by atoms with E-state index in [2.05, 4.69) is 74.6 Å². The number of aliphatic carboxylic acids is 1. The van der Waals surface area contributed by atoms with Gasteiger partial charge in [-0.1, -0.05) is 171 Å². The highest BCUT2D eigenvalue weighted by Crippen LogP contribution is 2.18. The molecule has 276 valence electrons. The topological polar surface area (TPSA) is 63.6 Å². The van der Waals surface area contributed by atoms with Crippen molar-refractivity contribution >= 4 is 11.9 Å². The standard InChI is InChI=1S/C44H76O4/c1-3-5-7-9-10-11-12-13-14-15-16-20-23-26-29-33-37-41-44(47)48-42(38-34-30-8-6-4-2)39-35-31-27-24-21-18-17-19-22-25-28-32-36-40-43(45)46/h5,7,10-11,13-14,16,20,26,29,42H,3-4,6,8-9,12,15,17-19,21-25,27-28,30-41H2,1-2H3,(H,45,46)/b7-5-,11-10-,14-13-,20-16-,29-26-. The molecule has 0 aliphatic heterocycles. The van der Waals surface area contributed by atoms with Gasteiger partial charge in [0.05, 0.1) is 0 Å². The summed E-state index contributed by atoms with van der Waals surface area (Å²) in [5, 5.41) is 8.69. The van der Waals surface area contributed by atoms with Crippen LogP contribution < -0.4 is 0 Å². The van der Waals surface area contributed by atoms with Crippen LogP contribution in [0.15, 0.2) is 60.8 Å². The summed E-state index contributed by atoms with van der Waals surface area (Å²) in [6, 6.07) is 0. The van der Waals surface area contributed by atoms with E-state index in [0.717, 1.165) is 77.0 Å². The largest absolute Gasteiger partial charge is 0.481 e. The van der Waals surface area contributed by atoms with Crippen LogP contribution in [0, 0.1) is 0 Å². The van der Waals surface area contributed by atoms with Gasteiger partial charge in [-0.3, -0.25) is 9.59 Å². The first-order valence-electron chi connectivity index (χ1n) is 20.3. The molecule has 0 saturated heterocycles. The van der Waals surface area contributed by atoms with Crippen molar-refractivity contribution in [3.8, 4) is 0 Å². The fourth-order valence-corrected chi connectivity index (χ4v) is 5.81. The maximum atomic E-state index is 12.6. The van der Waals surface area contributed by atoms with Crippen LogP contribution in [0.1, 0.15) is 200 Å². The lowest BCUT2D eigenvalue weighted by molar-refractivity contribution is -0.150. The normalized spacial score (nSPS) is 12.9. The molecule has 1 unspecified atom stereocenters. The number of rotatable bonds is 36. The number of carboxylic acid groups (broad SMARTS) is 1. The Bertz CT molecular complexity index is 850. The second kappa shape index (κ2) is 39.1. The molecule has 0 rings (SSSR count). The van der Waals surface area contributed by atoms with Crippen molar-refractivity contribution in [1.29, 1.82) is 0 Å². The molecular weight excluding hydrogens is 592 g/mol. The van der Waals surface area contributed by atoms with Gasteiger partial charge in [0.25, 0.3) is 0 Å². The van der Waals surface area contributed by atoms with Gasteiger partial charge in [-0.05, 0) is 77.0 Å². The molecule has 0 radical (unpaired) electrons. The zero-order valence-corrected chi connectivity index (χ0v) is 31.5. The Morgan fingerprint density at radius 2 is 0.875 bits per heavy atom. The maximum absolute atomic E-state index is 12.6. The molecule has 1 atom stereocenters. The molecule has 4 nitrogen and oxygen atoms in total. The lowest BCUT2D eigenvalue weighted by Gasteiger charge is -2.18. The van der Waals surface area contributed by atoms with Gasteiger partial charge in [0.15, 0.2) is 0 Å². The average molecular weight is 669 g/mol. The van der Waals surface area contributed by atoms with Gasteiger partial charge in [-0.2, -0.15) is 0 Å². The van der Waals surface area contributed by atoms with Gasteiger partial charge >= 0.3 is 11.9 Å². The van der Waals surface area contributed by atoms with Crippen molar-refractivity contribution in [2.45, 2.75) is 206 Å². The van der Waals surface area contributed by atoms with E-state index >= 15 is 0 Å². The van der Waals surface area contributed by atoms with Gasteiger partial charge < -0.3 is 9.84 Å². The van der Waals surface area contributed by atoms with Gasteiger partial charge in [0, 0.05) is 12.8 Å². The van der Waals surface area contributed by atoms with Crippen LogP contribution in [-0.2, 0) is 14.3 Å². The van der Waals surface area contributed by atoms with Gasteiger partial charge in [0.2, 0.25) is 0 Å². The average Bonchev–Trinajstić information content (AvgIpc) is 3.07. The fraction of sp³-hybridized carbons (Fsp3) is 0.727. The molecule has 0 saturated carbocycles. The number of esters is 1. The van der Waals surface area contributed by atoms with Crippen LogP contribution in [0.3, 0.4) is 0 Å². The summed E-state index contributed by atoms with van der Waals surface area (Å²) < 4.78 is 6.00. The molecule has 0 heterocycles. The third-order valence-corrected chi connectivity index (χ3v) is 8.75. The molecule has 0 aromatic rings. The van der Waals surface area contributed by atoms with E-state index in [1.54, 1.807) is 0 Å². The first-order chi connectivity index (χ1) is 23.6. The van der Waals surface area contributed by atoms with Crippen molar-refractivity contribution in [2.24, 2.45) is 0 Å². The summed E-state index contributed by atoms with van der Waals surface area (Å²) in [7, 11) is 0. The molecule has 0 bridgehead atoms. The van der Waals surface area contributed by atoms with Crippen molar-refractivity contribution in [3.63, 3.8) is 0 Å². The van der Waals surface area contributed by atoms with E-state index in [9.17, 15) is 9.59 Å². The van der Waals surface area contributed by atoms with E-state index in [-0.39, 0.29) is 12.1 Å². The predicted molar refractivity (Wildman–Crippen MR) is 208 cm³/mol. The Morgan fingerprint density at radius 3 is 1.31 bits per heavy atom. The Balaban J connectivity index is 3.99. The molecular formula is C44H76O4. The summed E-state index contributed by atoms with van der Waals surface area (Å²) in [4.78, 5) is 23.2. The molecule has 0 amide bonds. The van der Waals surface area contributed by atoms with Crippen LogP contribution >= 0.6 is 0 Å². The first kappa shape index (κ1) is 45.6. The van der Waals surface area contributed by atoms with Crippen molar-refractivity contribution in [2.75, 3.05) is 0 Å². The fourth-order valence-electron chi connectivity index (χ4n) is 5.81. The van der Waals surface area contributed by atoms with Crippen molar-refractivity contribution in [3.05, 3.63) is 60.8 Å². The van der Waals surface area contributed by atoms with Crippen LogP contribution in [0.2, 0.25) is 0 Å². The van der Waals surface area contributed by atoms with Gasteiger partial charge in [-0.25, -0.2) is 0 Å². The Kier molecular flexibility index (Phi) is 37.2. The number of hydrogen-bond acceptors (Lipinski definition) is 3. The van der Waals surface area contributed by atoms with Crippen LogP contribution in [0.4, 0.5) is 0 Å². The van der Waals surface area contributed by atoms with Gasteiger partial charge in [0.1, 0.15) is 6.10 Å². The highest BCUT2D eigenvalue weighted by atomic mass is 16.5. The minimum Gasteiger partial charge on any atom is -0.481 e. The highest BCUT2D eigenvalue weighted by molar-refractivity contribution is 5.69. The molecule has 0 aromatic heterocycles. The Labute approximate surface area is 297 Å².